The average molecular weight is 220 g/mol. The Kier molecular flexibility index (Phi) is 3.00. The molecule has 0 saturated heterocycles. The fourth-order valence-electron chi connectivity index (χ4n) is 2.94. The molecule has 2 aliphatic carbocycles. The van der Waals surface area contributed by atoms with Crippen molar-refractivity contribution in [2.45, 2.75) is 46.0 Å². The molecule has 0 aromatic carbocycles. The van der Waals surface area contributed by atoms with Gasteiger partial charge in [0.1, 0.15) is 5.78 Å². The molecule has 16 heavy (non-hydrogen) atoms. The Bertz CT molecular complexity index is 339. The predicted molar refractivity (Wildman–Crippen MR) is 63.0 cm³/mol. The van der Waals surface area contributed by atoms with Crippen LogP contribution in [0.5, 0.6) is 0 Å². The highest BCUT2D eigenvalue weighted by atomic mass is 16.1. The van der Waals surface area contributed by atoms with Crippen LogP contribution in [0, 0.1) is 17.3 Å². The van der Waals surface area contributed by atoms with Gasteiger partial charge in [0.2, 0.25) is 0 Å². The summed E-state index contributed by atoms with van der Waals surface area (Å²) in [4.78, 5) is 23.8. The number of Topliss-reactive ketones (excluding diaryl/α,β-unsaturated/α-hetero) is 1. The van der Waals surface area contributed by atoms with E-state index in [-0.39, 0.29) is 23.0 Å². The quantitative estimate of drug-likeness (QED) is 0.681. The van der Waals surface area contributed by atoms with Crippen LogP contribution in [0.2, 0.25) is 0 Å². The van der Waals surface area contributed by atoms with E-state index in [1.54, 1.807) is 6.08 Å². The molecule has 2 rings (SSSR count). The van der Waals surface area contributed by atoms with E-state index in [9.17, 15) is 9.59 Å². The molecule has 2 aliphatic rings. The first-order chi connectivity index (χ1) is 7.49. The summed E-state index contributed by atoms with van der Waals surface area (Å²) in [7, 11) is 0. The van der Waals surface area contributed by atoms with Gasteiger partial charge in [0.15, 0.2) is 5.78 Å². The van der Waals surface area contributed by atoms with E-state index in [1.165, 1.54) is 0 Å². The van der Waals surface area contributed by atoms with Crippen LogP contribution >= 0.6 is 0 Å². The summed E-state index contributed by atoms with van der Waals surface area (Å²) in [5, 5.41) is 0. The molecule has 0 N–H and O–H groups in total. The molecule has 2 heteroatoms. The molecule has 1 fully saturated rings. The van der Waals surface area contributed by atoms with Crippen molar-refractivity contribution in [3.8, 4) is 0 Å². The molecule has 0 spiro atoms. The lowest BCUT2D eigenvalue weighted by molar-refractivity contribution is -0.133. The smallest absolute Gasteiger partial charge is 0.159 e. The van der Waals surface area contributed by atoms with Gasteiger partial charge in [-0.1, -0.05) is 26.3 Å². The molecule has 0 bridgehead atoms. The molecule has 2 atom stereocenters. The van der Waals surface area contributed by atoms with Crippen LogP contribution in [0.1, 0.15) is 46.0 Å². The Balaban J connectivity index is 2.17. The minimum Gasteiger partial charge on any atom is -0.299 e. The van der Waals surface area contributed by atoms with E-state index in [1.807, 2.05) is 6.08 Å². The summed E-state index contributed by atoms with van der Waals surface area (Å²) in [6, 6.07) is 0. The highest BCUT2D eigenvalue weighted by molar-refractivity contribution is 5.97. The molecule has 0 amide bonds. The third-order valence-electron chi connectivity index (χ3n) is 3.90. The van der Waals surface area contributed by atoms with Crippen LogP contribution in [-0.4, -0.2) is 11.6 Å². The number of allylic oxidation sites excluding steroid dienone is 2. The lowest BCUT2D eigenvalue weighted by Crippen LogP contribution is -2.36. The van der Waals surface area contributed by atoms with Crippen LogP contribution < -0.4 is 0 Å². The molecular formula is C14H20O2. The van der Waals surface area contributed by atoms with Gasteiger partial charge in [-0.05, 0) is 30.8 Å². The highest BCUT2D eigenvalue weighted by Gasteiger charge is 2.38. The van der Waals surface area contributed by atoms with Gasteiger partial charge >= 0.3 is 0 Å². The fraction of sp³-hybridized carbons (Fsp3) is 0.714. The summed E-state index contributed by atoms with van der Waals surface area (Å²) in [5.74, 6) is 0.438. The third-order valence-corrected chi connectivity index (χ3v) is 3.90. The van der Waals surface area contributed by atoms with Gasteiger partial charge in [0, 0.05) is 18.3 Å². The Morgan fingerprint density at radius 1 is 1.19 bits per heavy atom. The summed E-state index contributed by atoms with van der Waals surface area (Å²) >= 11 is 0. The fourth-order valence-corrected chi connectivity index (χ4v) is 2.94. The third kappa shape index (κ3) is 2.26. The maximum atomic E-state index is 11.9. The first kappa shape index (κ1) is 11.6. The number of carbonyl (C=O) groups excluding carboxylic acids is 2. The SMILES string of the molecule is CC1(C)C=CC(=O)[C@@H]([C@H]2CCCCC2=O)C1. The average Bonchev–Trinajstić information content (AvgIpc) is 2.23. The first-order valence-corrected chi connectivity index (χ1v) is 6.25. The zero-order valence-corrected chi connectivity index (χ0v) is 10.2. The van der Waals surface area contributed by atoms with E-state index >= 15 is 0 Å². The maximum absolute atomic E-state index is 11.9. The monoisotopic (exact) mass is 220 g/mol. The molecule has 0 aliphatic heterocycles. The minimum absolute atomic E-state index is 0.00507. The van der Waals surface area contributed by atoms with Gasteiger partial charge < -0.3 is 0 Å². The second-order valence-corrected chi connectivity index (χ2v) is 5.85. The zero-order chi connectivity index (χ0) is 11.8. The normalized spacial score (nSPS) is 34.1. The number of rotatable bonds is 1. The standard InChI is InChI=1S/C14H20O2/c1-14(2)8-7-13(16)11(9-14)10-5-3-4-6-12(10)15/h7-8,10-11H,3-6,9H2,1-2H3/t10-,11-/m1/s1. The summed E-state index contributed by atoms with van der Waals surface area (Å²) in [6.45, 7) is 4.27. The second-order valence-electron chi connectivity index (χ2n) is 5.85. The van der Waals surface area contributed by atoms with Crippen molar-refractivity contribution < 1.29 is 9.59 Å². The van der Waals surface area contributed by atoms with Crippen molar-refractivity contribution in [1.29, 1.82) is 0 Å². The van der Waals surface area contributed by atoms with Gasteiger partial charge in [-0.2, -0.15) is 0 Å². The molecule has 0 aromatic rings. The largest absolute Gasteiger partial charge is 0.299 e. The second kappa shape index (κ2) is 4.15. The predicted octanol–water partition coefficient (Wildman–Crippen LogP) is 2.92. The molecule has 88 valence electrons. The molecule has 2 nitrogen and oxygen atoms in total. The van der Waals surface area contributed by atoms with Gasteiger partial charge in [0.25, 0.3) is 0 Å². The van der Waals surface area contributed by atoms with Crippen LogP contribution in [0.3, 0.4) is 0 Å². The van der Waals surface area contributed by atoms with Crippen molar-refractivity contribution in [1.82, 2.24) is 0 Å². The van der Waals surface area contributed by atoms with Crippen molar-refractivity contribution >= 4 is 11.6 Å². The summed E-state index contributed by atoms with van der Waals surface area (Å²) in [5.41, 5.74) is 0.0658. The molecule has 0 radical (unpaired) electrons. The molecule has 0 unspecified atom stereocenters. The topological polar surface area (TPSA) is 34.1 Å². The van der Waals surface area contributed by atoms with Crippen molar-refractivity contribution in [2.24, 2.45) is 17.3 Å². The van der Waals surface area contributed by atoms with Crippen LogP contribution in [0.15, 0.2) is 12.2 Å². The molecule has 0 aromatic heterocycles. The minimum atomic E-state index is -0.0483. The number of ketones is 2. The molecule has 1 saturated carbocycles. The van der Waals surface area contributed by atoms with E-state index in [4.69, 9.17) is 0 Å². The zero-order valence-electron chi connectivity index (χ0n) is 10.2. The summed E-state index contributed by atoms with van der Waals surface area (Å²) in [6.07, 6.45) is 8.21. The van der Waals surface area contributed by atoms with E-state index < -0.39 is 0 Å². The van der Waals surface area contributed by atoms with E-state index in [2.05, 4.69) is 13.8 Å². The molecular weight excluding hydrogens is 200 g/mol. The Morgan fingerprint density at radius 2 is 1.94 bits per heavy atom. The van der Waals surface area contributed by atoms with Crippen molar-refractivity contribution in [2.75, 3.05) is 0 Å². The Hall–Kier alpha value is -0.920. The van der Waals surface area contributed by atoms with Crippen LogP contribution in [0.25, 0.3) is 0 Å². The van der Waals surface area contributed by atoms with Gasteiger partial charge in [-0.3, -0.25) is 9.59 Å². The maximum Gasteiger partial charge on any atom is 0.159 e. The van der Waals surface area contributed by atoms with Crippen molar-refractivity contribution in [3.63, 3.8) is 0 Å². The molecule has 0 heterocycles. The van der Waals surface area contributed by atoms with E-state index in [0.717, 1.165) is 25.7 Å². The Labute approximate surface area is 97.1 Å². The van der Waals surface area contributed by atoms with Crippen molar-refractivity contribution in [3.05, 3.63) is 12.2 Å². The number of hydrogen-bond donors (Lipinski definition) is 0. The van der Waals surface area contributed by atoms with Gasteiger partial charge in [-0.15, -0.1) is 0 Å². The Morgan fingerprint density at radius 3 is 2.62 bits per heavy atom. The summed E-state index contributed by atoms with van der Waals surface area (Å²) < 4.78 is 0. The number of hydrogen-bond acceptors (Lipinski definition) is 2. The lowest BCUT2D eigenvalue weighted by Gasteiger charge is -2.35. The van der Waals surface area contributed by atoms with Crippen LogP contribution in [-0.2, 0) is 9.59 Å². The lowest BCUT2D eigenvalue weighted by atomic mass is 9.67. The first-order valence-electron chi connectivity index (χ1n) is 6.25. The van der Waals surface area contributed by atoms with Gasteiger partial charge in [-0.25, -0.2) is 0 Å². The van der Waals surface area contributed by atoms with E-state index in [0.29, 0.717) is 12.2 Å². The highest BCUT2D eigenvalue weighted by Crippen LogP contribution is 2.39. The van der Waals surface area contributed by atoms with Gasteiger partial charge in [0.05, 0.1) is 0 Å². The van der Waals surface area contributed by atoms with Crippen LogP contribution in [0.4, 0.5) is 0 Å². The number of carbonyl (C=O) groups is 2.